The van der Waals surface area contributed by atoms with Gasteiger partial charge < -0.3 is 25.1 Å². The van der Waals surface area contributed by atoms with Gasteiger partial charge in [-0.1, -0.05) is 29.2 Å². The summed E-state index contributed by atoms with van der Waals surface area (Å²) in [6, 6.07) is 6.41. The quantitative estimate of drug-likeness (QED) is 0.289. The van der Waals surface area contributed by atoms with Gasteiger partial charge in [0, 0.05) is 22.9 Å². The molecule has 1 aliphatic rings. The van der Waals surface area contributed by atoms with Crippen LogP contribution in [0.15, 0.2) is 55.9 Å². The molecule has 0 saturated carbocycles. The summed E-state index contributed by atoms with van der Waals surface area (Å²) in [7, 11) is 0. The number of urea groups is 1. The van der Waals surface area contributed by atoms with Crippen LogP contribution in [0.2, 0.25) is 0 Å². The normalized spacial score (nSPS) is 15.9. The number of furan rings is 1. The van der Waals surface area contributed by atoms with Crippen molar-refractivity contribution in [1.82, 2.24) is 20.8 Å². The summed E-state index contributed by atoms with van der Waals surface area (Å²) >= 11 is 4.54. The molecule has 4 rings (SSSR count). The molecule has 0 radical (unpaired) electrons. The Morgan fingerprint density at radius 2 is 2.25 bits per heavy atom. The average Bonchev–Trinajstić information content (AvgIpc) is 3.55. The van der Waals surface area contributed by atoms with Crippen molar-refractivity contribution in [3.8, 4) is 0 Å². The topological polar surface area (TPSA) is 118 Å². The average molecular weight is 492 g/mol. The van der Waals surface area contributed by atoms with Crippen molar-refractivity contribution in [3.63, 3.8) is 0 Å². The molecule has 2 amide bonds. The molecule has 1 aliphatic heterocycles. The molecule has 0 aromatic carbocycles. The van der Waals surface area contributed by atoms with Gasteiger partial charge in [-0.15, -0.1) is 21.5 Å². The minimum Gasteiger partial charge on any atom is -0.467 e. The molecule has 1 unspecified atom stereocenters. The highest BCUT2D eigenvalue weighted by molar-refractivity contribution is 8.01. The molecule has 0 spiro atoms. The third-order valence-corrected chi connectivity index (χ3v) is 7.43. The molecular formula is C20H21N5O4S3. The zero-order chi connectivity index (χ0) is 22.3. The number of esters is 1. The number of ether oxygens (including phenoxy) is 1. The number of nitrogens with one attached hydrogen (secondary N) is 3. The molecule has 3 N–H and O–H groups in total. The van der Waals surface area contributed by atoms with Gasteiger partial charge in [0.15, 0.2) is 4.34 Å². The monoisotopic (exact) mass is 491 g/mol. The lowest BCUT2D eigenvalue weighted by atomic mass is 10.0. The van der Waals surface area contributed by atoms with Crippen molar-refractivity contribution in [3.05, 3.63) is 57.8 Å². The smallest absolute Gasteiger partial charge is 0.338 e. The molecule has 32 heavy (non-hydrogen) atoms. The van der Waals surface area contributed by atoms with Crippen molar-refractivity contribution in [2.24, 2.45) is 0 Å². The number of nitrogens with zero attached hydrogens (tertiary/aromatic N) is 2. The molecule has 0 aliphatic carbocycles. The van der Waals surface area contributed by atoms with E-state index < -0.39 is 18.0 Å². The van der Waals surface area contributed by atoms with Gasteiger partial charge in [0.25, 0.3) is 0 Å². The number of thiophene rings is 1. The van der Waals surface area contributed by atoms with Crippen molar-refractivity contribution < 1.29 is 18.7 Å². The van der Waals surface area contributed by atoms with E-state index in [0.29, 0.717) is 22.8 Å². The van der Waals surface area contributed by atoms with E-state index in [1.54, 1.807) is 30.4 Å². The standard InChI is InChI=1S/C20H21N5O4S3/c1-2-28-17(26)15-13(22-18(27)23-16(15)14-6-3-9-29-14)11-31-20-25-24-19(32-20)21-8-7-12-5-4-10-30-12/h3-6,9-10,16H,2,7-8,11H2,1H3,(H,21,24)(H2,22,23,27). The summed E-state index contributed by atoms with van der Waals surface area (Å²) in [5.74, 6) is 0.270. The fourth-order valence-corrected chi connectivity index (χ4v) is 5.53. The van der Waals surface area contributed by atoms with E-state index in [1.165, 1.54) is 34.2 Å². The van der Waals surface area contributed by atoms with Crippen LogP contribution in [0.3, 0.4) is 0 Å². The molecule has 9 nitrogen and oxygen atoms in total. The van der Waals surface area contributed by atoms with Gasteiger partial charge in [0.1, 0.15) is 11.8 Å². The number of carbonyl (C=O) groups excluding carboxylic acids is 2. The van der Waals surface area contributed by atoms with E-state index in [-0.39, 0.29) is 6.61 Å². The summed E-state index contributed by atoms with van der Waals surface area (Å²) in [5.41, 5.74) is 0.772. The summed E-state index contributed by atoms with van der Waals surface area (Å²) in [4.78, 5) is 26.2. The largest absolute Gasteiger partial charge is 0.467 e. The minimum absolute atomic E-state index is 0.221. The number of thioether (sulfide) groups is 1. The highest BCUT2D eigenvalue weighted by Crippen LogP contribution is 2.32. The molecular weight excluding hydrogens is 470 g/mol. The SMILES string of the molecule is CCOC(=O)C1=C(CSc2nnc(NCCc3cccs3)s2)NC(=O)NC1c1ccco1. The van der Waals surface area contributed by atoms with Crippen molar-refractivity contribution in [1.29, 1.82) is 0 Å². The predicted octanol–water partition coefficient (Wildman–Crippen LogP) is 3.81. The Kier molecular flexibility index (Phi) is 7.45. The minimum atomic E-state index is -0.725. The lowest BCUT2D eigenvalue weighted by Crippen LogP contribution is -2.46. The Hall–Kier alpha value is -2.83. The van der Waals surface area contributed by atoms with E-state index in [2.05, 4.69) is 37.6 Å². The fourth-order valence-electron chi connectivity index (χ4n) is 3.07. The summed E-state index contributed by atoms with van der Waals surface area (Å²) in [6.07, 6.45) is 2.41. The van der Waals surface area contributed by atoms with Crippen LogP contribution in [-0.4, -0.2) is 41.1 Å². The lowest BCUT2D eigenvalue weighted by Gasteiger charge is -2.27. The number of anilines is 1. The van der Waals surface area contributed by atoms with Crippen LogP contribution in [0.5, 0.6) is 0 Å². The van der Waals surface area contributed by atoms with Gasteiger partial charge in [-0.3, -0.25) is 0 Å². The van der Waals surface area contributed by atoms with Crippen molar-refractivity contribution in [2.45, 2.75) is 23.7 Å². The molecule has 4 heterocycles. The third-order valence-electron chi connectivity index (χ3n) is 4.45. The lowest BCUT2D eigenvalue weighted by molar-refractivity contribution is -0.139. The molecule has 0 bridgehead atoms. The summed E-state index contributed by atoms with van der Waals surface area (Å²) < 4.78 is 11.4. The first-order valence-electron chi connectivity index (χ1n) is 9.87. The van der Waals surface area contributed by atoms with E-state index in [9.17, 15) is 9.59 Å². The first-order valence-corrected chi connectivity index (χ1v) is 12.6. The first kappa shape index (κ1) is 22.4. The maximum Gasteiger partial charge on any atom is 0.338 e. The maximum absolute atomic E-state index is 12.7. The van der Waals surface area contributed by atoms with Gasteiger partial charge in [-0.25, -0.2) is 9.59 Å². The Morgan fingerprint density at radius 1 is 1.34 bits per heavy atom. The van der Waals surface area contributed by atoms with Gasteiger partial charge in [-0.05, 0) is 36.9 Å². The van der Waals surface area contributed by atoms with E-state index in [4.69, 9.17) is 9.15 Å². The fraction of sp³-hybridized carbons (Fsp3) is 0.300. The van der Waals surface area contributed by atoms with Crippen molar-refractivity contribution >= 4 is 51.6 Å². The summed E-state index contributed by atoms with van der Waals surface area (Å²) in [5, 5.41) is 19.9. The maximum atomic E-state index is 12.7. The Morgan fingerprint density at radius 3 is 3.00 bits per heavy atom. The number of aromatic nitrogens is 2. The summed E-state index contributed by atoms with van der Waals surface area (Å²) in [6.45, 7) is 2.72. The molecule has 168 valence electrons. The number of hydrogen-bond acceptors (Lipinski definition) is 10. The zero-order valence-electron chi connectivity index (χ0n) is 17.1. The number of rotatable bonds is 10. The van der Waals surface area contributed by atoms with E-state index >= 15 is 0 Å². The molecule has 0 fully saturated rings. The van der Waals surface area contributed by atoms with Crippen LogP contribution in [0.1, 0.15) is 23.6 Å². The van der Waals surface area contributed by atoms with Gasteiger partial charge >= 0.3 is 12.0 Å². The molecule has 1 atom stereocenters. The van der Waals surface area contributed by atoms with Crippen LogP contribution in [0.25, 0.3) is 0 Å². The van der Waals surface area contributed by atoms with Gasteiger partial charge in [-0.2, -0.15) is 0 Å². The molecule has 3 aromatic heterocycles. The number of carbonyl (C=O) groups is 2. The van der Waals surface area contributed by atoms with Gasteiger partial charge in [0.05, 0.1) is 18.4 Å². The predicted molar refractivity (Wildman–Crippen MR) is 124 cm³/mol. The molecule has 3 aromatic rings. The second kappa shape index (κ2) is 10.7. The first-order chi connectivity index (χ1) is 15.6. The second-order valence-corrected chi connectivity index (χ2v) is 9.81. The van der Waals surface area contributed by atoms with E-state index in [0.717, 1.165) is 22.4 Å². The zero-order valence-corrected chi connectivity index (χ0v) is 19.6. The highest BCUT2D eigenvalue weighted by atomic mass is 32.2. The Labute approximate surface area is 196 Å². The van der Waals surface area contributed by atoms with Crippen LogP contribution in [0.4, 0.5) is 9.93 Å². The molecule has 12 heteroatoms. The Bertz CT molecular complexity index is 1080. The van der Waals surface area contributed by atoms with Crippen LogP contribution in [0, 0.1) is 0 Å². The molecule has 0 saturated heterocycles. The number of amides is 2. The van der Waals surface area contributed by atoms with E-state index in [1.807, 2.05) is 6.07 Å². The van der Waals surface area contributed by atoms with Gasteiger partial charge in [0.2, 0.25) is 5.13 Å². The Balaban J connectivity index is 1.44. The number of hydrogen-bond donors (Lipinski definition) is 3. The second-order valence-electron chi connectivity index (χ2n) is 6.58. The van der Waals surface area contributed by atoms with Crippen molar-refractivity contribution in [2.75, 3.05) is 24.2 Å². The third kappa shape index (κ3) is 5.50. The highest BCUT2D eigenvalue weighted by Gasteiger charge is 2.35. The van der Waals surface area contributed by atoms with Crippen LogP contribution < -0.4 is 16.0 Å². The van der Waals surface area contributed by atoms with Crippen LogP contribution >= 0.6 is 34.4 Å². The van der Waals surface area contributed by atoms with Crippen LogP contribution in [-0.2, 0) is 16.0 Å².